The van der Waals surface area contributed by atoms with E-state index in [2.05, 4.69) is 5.10 Å². The number of aryl methyl sites for hydroxylation is 2. The largest absolute Gasteiger partial charge is 0.333 e. The summed E-state index contributed by atoms with van der Waals surface area (Å²) in [6.45, 7) is 2.66. The van der Waals surface area contributed by atoms with Gasteiger partial charge in [0, 0.05) is 25.5 Å². The fourth-order valence-electron chi connectivity index (χ4n) is 1.97. The first-order valence-corrected chi connectivity index (χ1v) is 6.60. The Labute approximate surface area is 107 Å². The van der Waals surface area contributed by atoms with Crippen molar-refractivity contribution >= 4 is 17.5 Å². The number of aromatic nitrogens is 2. The Bertz CT molecular complexity index is 412. The highest BCUT2D eigenvalue weighted by molar-refractivity contribution is 6.18. The van der Waals surface area contributed by atoms with Gasteiger partial charge in [-0.2, -0.15) is 5.10 Å². The van der Waals surface area contributed by atoms with Gasteiger partial charge in [0.05, 0.1) is 5.69 Å². The number of halogens is 1. The third kappa shape index (κ3) is 2.63. The van der Waals surface area contributed by atoms with Gasteiger partial charge in [-0.15, -0.1) is 11.6 Å². The third-order valence-corrected chi connectivity index (χ3v) is 3.25. The lowest BCUT2D eigenvalue weighted by molar-refractivity contribution is 0.0742. The zero-order valence-corrected chi connectivity index (χ0v) is 11.1. The van der Waals surface area contributed by atoms with Crippen LogP contribution < -0.4 is 0 Å². The van der Waals surface area contributed by atoms with Crippen LogP contribution in [0.4, 0.5) is 0 Å². The van der Waals surface area contributed by atoms with E-state index in [1.54, 1.807) is 4.68 Å². The van der Waals surface area contributed by atoms with Crippen molar-refractivity contribution in [3.8, 4) is 0 Å². The fourth-order valence-corrected chi connectivity index (χ4v) is 2.16. The lowest BCUT2D eigenvalue weighted by Crippen LogP contribution is -2.35. The van der Waals surface area contributed by atoms with Crippen molar-refractivity contribution in [3.05, 3.63) is 17.5 Å². The van der Waals surface area contributed by atoms with E-state index in [1.165, 1.54) is 0 Å². The first-order valence-electron chi connectivity index (χ1n) is 6.07. The second kappa shape index (κ2) is 5.08. The fraction of sp³-hybridized carbons (Fsp3) is 0.667. The maximum absolute atomic E-state index is 12.4. The molecule has 0 aliphatic heterocycles. The van der Waals surface area contributed by atoms with Crippen molar-refractivity contribution in [1.82, 2.24) is 14.7 Å². The maximum Gasteiger partial charge on any atom is 0.272 e. The molecule has 0 radical (unpaired) electrons. The lowest BCUT2D eigenvalue weighted by atomic mass is 10.2. The number of hydrogen-bond donors (Lipinski definition) is 0. The van der Waals surface area contributed by atoms with Crippen LogP contribution >= 0.6 is 11.6 Å². The Balaban J connectivity index is 2.18. The van der Waals surface area contributed by atoms with Gasteiger partial charge >= 0.3 is 0 Å². The molecular formula is C12H18ClN3O. The Kier molecular flexibility index (Phi) is 3.72. The summed E-state index contributed by atoms with van der Waals surface area (Å²) in [5.74, 6) is 0.545. The van der Waals surface area contributed by atoms with Crippen molar-refractivity contribution in [2.24, 2.45) is 7.05 Å². The summed E-state index contributed by atoms with van der Waals surface area (Å²) in [5, 5.41) is 4.31. The highest BCUT2D eigenvalue weighted by Crippen LogP contribution is 2.28. The number of carbonyl (C=O) groups is 1. The zero-order valence-electron chi connectivity index (χ0n) is 10.3. The highest BCUT2D eigenvalue weighted by Gasteiger charge is 2.33. The Morgan fingerprint density at radius 1 is 1.65 bits per heavy atom. The zero-order chi connectivity index (χ0) is 12.4. The molecule has 2 rings (SSSR count). The molecule has 1 amide bonds. The molecule has 0 aromatic carbocycles. The van der Waals surface area contributed by atoms with Gasteiger partial charge < -0.3 is 4.90 Å². The molecule has 0 spiro atoms. The summed E-state index contributed by atoms with van der Waals surface area (Å²) < 4.78 is 1.67. The SMILES string of the molecule is CCc1cc(C(=O)N(CCCl)C2CC2)n(C)n1. The molecule has 0 bridgehead atoms. The molecule has 17 heavy (non-hydrogen) atoms. The number of nitrogens with zero attached hydrogens (tertiary/aromatic N) is 3. The average molecular weight is 256 g/mol. The molecular weight excluding hydrogens is 238 g/mol. The minimum absolute atomic E-state index is 0.0582. The second-order valence-electron chi connectivity index (χ2n) is 4.42. The van der Waals surface area contributed by atoms with E-state index in [0.717, 1.165) is 25.0 Å². The number of carbonyl (C=O) groups excluding carboxylic acids is 1. The van der Waals surface area contributed by atoms with E-state index >= 15 is 0 Å². The van der Waals surface area contributed by atoms with Crippen molar-refractivity contribution in [3.63, 3.8) is 0 Å². The summed E-state index contributed by atoms with van der Waals surface area (Å²) in [7, 11) is 1.82. The van der Waals surface area contributed by atoms with Crippen molar-refractivity contribution in [1.29, 1.82) is 0 Å². The van der Waals surface area contributed by atoms with E-state index in [1.807, 2.05) is 24.9 Å². The normalized spacial score (nSPS) is 15.0. The summed E-state index contributed by atoms with van der Waals surface area (Å²) in [6, 6.07) is 2.27. The van der Waals surface area contributed by atoms with Crippen molar-refractivity contribution in [2.45, 2.75) is 32.2 Å². The van der Waals surface area contributed by atoms with Crippen molar-refractivity contribution in [2.75, 3.05) is 12.4 Å². The Hall–Kier alpha value is -1.03. The van der Waals surface area contributed by atoms with Crippen LogP contribution in [-0.2, 0) is 13.5 Å². The van der Waals surface area contributed by atoms with Gasteiger partial charge in [-0.25, -0.2) is 0 Å². The topological polar surface area (TPSA) is 38.1 Å². The van der Waals surface area contributed by atoms with Crippen LogP contribution in [0.3, 0.4) is 0 Å². The number of hydrogen-bond acceptors (Lipinski definition) is 2. The van der Waals surface area contributed by atoms with Crippen molar-refractivity contribution < 1.29 is 4.79 Å². The van der Waals surface area contributed by atoms with Crippen LogP contribution in [0.1, 0.15) is 35.9 Å². The number of amides is 1. The molecule has 4 nitrogen and oxygen atoms in total. The highest BCUT2D eigenvalue weighted by atomic mass is 35.5. The van der Waals surface area contributed by atoms with Gasteiger partial charge in [-0.05, 0) is 25.3 Å². The summed E-state index contributed by atoms with van der Waals surface area (Å²) in [5.41, 5.74) is 1.62. The predicted octanol–water partition coefficient (Wildman–Crippen LogP) is 1.83. The molecule has 1 fully saturated rings. The second-order valence-corrected chi connectivity index (χ2v) is 4.79. The molecule has 1 aliphatic carbocycles. The van der Waals surface area contributed by atoms with Crippen LogP contribution in [0.2, 0.25) is 0 Å². The lowest BCUT2D eigenvalue weighted by Gasteiger charge is -2.20. The van der Waals surface area contributed by atoms with Crippen LogP contribution in [0.15, 0.2) is 6.07 Å². The Morgan fingerprint density at radius 2 is 2.35 bits per heavy atom. The van der Waals surface area contributed by atoms with Gasteiger partial charge in [0.25, 0.3) is 5.91 Å². The quantitative estimate of drug-likeness (QED) is 0.753. The molecule has 1 aromatic rings. The molecule has 0 saturated heterocycles. The third-order valence-electron chi connectivity index (χ3n) is 3.09. The van der Waals surface area contributed by atoms with E-state index in [-0.39, 0.29) is 5.91 Å². The van der Waals surface area contributed by atoms with Gasteiger partial charge in [-0.1, -0.05) is 6.92 Å². The van der Waals surface area contributed by atoms with Gasteiger partial charge in [0.2, 0.25) is 0 Å². The van der Waals surface area contributed by atoms with Gasteiger partial charge in [-0.3, -0.25) is 9.48 Å². The van der Waals surface area contributed by atoms with Crippen LogP contribution in [0, 0.1) is 0 Å². The molecule has 0 unspecified atom stereocenters. The molecule has 1 saturated carbocycles. The van der Waals surface area contributed by atoms with Gasteiger partial charge in [0.1, 0.15) is 5.69 Å². The monoisotopic (exact) mass is 255 g/mol. The maximum atomic E-state index is 12.4. The molecule has 1 aliphatic rings. The summed E-state index contributed by atoms with van der Waals surface area (Å²) >= 11 is 5.76. The molecule has 94 valence electrons. The number of rotatable bonds is 5. The minimum atomic E-state index is 0.0582. The molecule has 0 N–H and O–H groups in total. The smallest absolute Gasteiger partial charge is 0.272 e. The summed E-state index contributed by atoms with van der Waals surface area (Å²) in [4.78, 5) is 14.3. The van der Waals surface area contributed by atoms with E-state index in [4.69, 9.17) is 11.6 Å². The van der Waals surface area contributed by atoms with E-state index < -0.39 is 0 Å². The van der Waals surface area contributed by atoms with Gasteiger partial charge in [0.15, 0.2) is 0 Å². The predicted molar refractivity (Wildman–Crippen MR) is 67.4 cm³/mol. The molecule has 1 heterocycles. The standard InChI is InChI=1S/C12H18ClN3O/c1-3-9-8-11(15(2)14-9)12(17)16(7-6-13)10-4-5-10/h8,10H,3-7H2,1-2H3. The summed E-state index contributed by atoms with van der Waals surface area (Å²) in [6.07, 6.45) is 3.04. The van der Waals surface area contributed by atoms with Crippen LogP contribution in [-0.4, -0.2) is 39.1 Å². The first-order chi connectivity index (χ1) is 8.17. The van der Waals surface area contributed by atoms with Crippen LogP contribution in [0.25, 0.3) is 0 Å². The molecule has 1 aromatic heterocycles. The van der Waals surface area contributed by atoms with E-state index in [9.17, 15) is 4.79 Å². The first kappa shape index (κ1) is 12.4. The van der Waals surface area contributed by atoms with E-state index in [0.29, 0.717) is 24.2 Å². The Morgan fingerprint density at radius 3 is 2.82 bits per heavy atom. The molecule has 0 atom stereocenters. The average Bonchev–Trinajstić information content (AvgIpc) is 3.08. The minimum Gasteiger partial charge on any atom is -0.333 e. The molecule has 5 heteroatoms. The van der Waals surface area contributed by atoms with Crippen LogP contribution in [0.5, 0.6) is 0 Å². The number of alkyl halides is 1.